The summed E-state index contributed by atoms with van der Waals surface area (Å²) >= 11 is 5.63. The Hall–Kier alpha value is -2.54. The SMILES string of the molecule is COC(=O)c1cc(NC(=O)c2cncc(Cl)n2)ccc1F. The summed E-state index contributed by atoms with van der Waals surface area (Å²) in [5.41, 5.74) is -0.0810. The molecule has 0 unspecified atom stereocenters. The van der Waals surface area contributed by atoms with Gasteiger partial charge in [-0.3, -0.25) is 9.78 Å². The highest BCUT2D eigenvalue weighted by Gasteiger charge is 2.15. The second-order valence-corrected chi connectivity index (χ2v) is 4.25. The lowest BCUT2D eigenvalue weighted by atomic mass is 10.2. The molecule has 1 aromatic carbocycles. The van der Waals surface area contributed by atoms with E-state index in [1.807, 2.05) is 0 Å². The number of aromatic nitrogens is 2. The number of amides is 1. The molecular weight excluding hydrogens is 301 g/mol. The van der Waals surface area contributed by atoms with Crippen LogP contribution in [0.5, 0.6) is 0 Å². The summed E-state index contributed by atoms with van der Waals surface area (Å²) in [7, 11) is 1.13. The molecule has 1 N–H and O–H groups in total. The fraction of sp³-hybridized carbons (Fsp3) is 0.0769. The van der Waals surface area contributed by atoms with Crippen molar-refractivity contribution in [3.8, 4) is 0 Å². The van der Waals surface area contributed by atoms with Gasteiger partial charge in [0.05, 0.1) is 25.1 Å². The van der Waals surface area contributed by atoms with Crippen LogP contribution in [0.2, 0.25) is 5.15 Å². The second-order valence-electron chi connectivity index (χ2n) is 3.87. The van der Waals surface area contributed by atoms with Crippen LogP contribution in [-0.2, 0) is 4.74 Å². The largest absolute Gasteiger partial charge is 0.465 e. The van der Waals surface area contributed by atoms with Crippen LogP contribution < -0.4 is 5.32 Å². The van der Waals surface area contributed by atoms with Gasteiger partial charge in [-0.1, -0.05) is 11.6 Å². The number of nitrogens with one attached hydrogen (secondary N) is 1. The molecule has 0 saturated heterocycles. The Kier molecular flexibility index (Phi) is 4.44. The molecular formula is C13H9ClFN3O3. The average Bonchev–Trinajstić information content (AvgIpc) is 2.48. The molecule has 0 radical (unpaired) electrons. The number of ether oxygens (including phenoxy) is 1. The number of carbonyl (C=O) groups is 2. The van der Waals surface area contributed by atoms with Crippen LogP contribution in [0.15, 0.2) is 30.6 Å². The van der Waals surface area contributed by atoms with E-state index < -0.39 is 17.7 Å². The van der Waals surface area contributed by atoms with Gasteiger partial charge in [0.15, 0.2) is 0 Å². The maximum absolute atomic E-state index is 13.5. The topological polar surface area (TPSA) is 81.2 Å². The minimum Gasteiger partial charge on any atom is -0.465 e. The van der Waals surface area contributed by atoms with Crippen LogP contribution in [0.4, 0.5) is 10.1 Å². The first kappa shape index (κ1) is 14.9. The highest BCUT2D eigenvalue weighted by atomic mass is 35.5. The summed E-state index contributed by atoms with van der Waals surface area (Å²) in [5, 5.41) is 2.52. The van der Waals surface area contributed by atoms with Crippen LogP contribution in [-0.4, -0.2) is 29.0 Å². The van der Waals surface area contributed by atoms with Gasteiger partial charge in [0.25, 0.3) is 5.91 Å². The normalized spacial score (nSPS) is 10.0. The Morgan fingerprint density at radius 3 is 2.76 bits per heavy atom. The van der Waals surface area contributed by atoms with Gasteiger partial charge >= 0.3 is 5.97 Å². The van der Waals surface area contributed by atoms with E-state index in [1.54, 1.807) is 0 Å². The fourth-order valence-electron chi connectivity index (χ4n) is 1.52. The van der Waals surface area contributed by atoms with E-state index in [1.165, 1.54) is 18.5 Å². The van der Waals surface area contributed by atoms with Crippen molar-refractivity contribution >= 4 is 29.2 Å². The first-order chi connectivity index (χ1) is 10.0. The number of benzene rings is 1. The van der Waals surface area contributed by atoms with Crippen molar-refractivity contribution in [1.29, 1.82) is 0 Å². The lowest BCUT2D eigenvalue weighted by Gasteiger charge is -2.07. The monoisotopic (exact) mass is 309 g/mol. The standard InChI is InChI=1S/C13H9ClFN3O3/c1-21-13(20)8-4-7(2-3-9(8)15)17-12(19)10-5-16-6-11(14)18-10/h2-6H,1H3,(H,17,19). The van der Waals surface area contributed by atoms with E-state index in [9.17, 15) is 14.0 Å². The number of hydrogen-bond acceptors (Lipinski definition) is 5. The van der Waals surface area contributed by atoms with Crippen LogP contribution >= 0.6 is 11.6 Å². The lowest BCUT2D eigenvalue weighted by molar-refractivity contribution is 0.0595. The van der Waals surface area contributed by atoms with Crippen molar-refractivity contribution in [3.63, 3.8) is 0 Å². The Morgan fingerprint density at radius 1 is 1.33 bits per heavy atom. The molecule has 0 fully saturated rings. The van der Waals surface area contributed by atoms with Crippen LogP contribution in [0.1, 0.15) is 20.8 Å². The third-order valence-electron chi connectivity index (χ3n) is 2.47. The zero-order valence-electron chi connectivity index (χ0n) is 10.8. The molecule has 0 spiro atoms. The zero-order chi connectivity index (χ0) is 15.4. The number of methoxy groups -OCH3 is 1. The van der Waals surface area contributed by atoms with E-state index >= 15 is 0 Å². The van der Waals surface area contributed by atoms with Crippen molar-refractivity contribution < 1.29 is 18.7 Å². The van der Waals surface area contributed by atoms with E-state index in [2.05, 4.69) is 20.0 Å². The quantitative estimate of drug-likeness (QED) is 0.880. The highest BCUT2D eigenvalue weighted by molar-refractivity contribution is 6.29. The maximum atomic E-state index is 13.5. The van der Waals surface area contributed by atoms with Gasteiger partial charge in [0.1, 0.15) is 16.7 Å². The van der Waals surface area contributed by atoms with Crippen molar-refractivity contribution in [1.82, 2.24) is 9.97 Å². The number of hydrogen-bond donors (Lipinski definition) is 1. The lowest BCUT2D eigenvalue weighted by Crippen LogP contribution is -2.15. The highest BCUT2D eigenvalue weighted by Crippen LogP contribution is 2.16. The Balaban J connectivity index is 2.24. The van der Waals surface area contributed by atoms with Crippen molar-refractivity contribution in [2.45, 2.75) is 0 Å². The summed E-state index contributed by atoms with van der Waals surface area (Å²) in [6.45, 7) is 0. The third kappa shape index (κ3) is 3.51. The molecule has 0 atom stereocenters. The zero-order valence-corrected chi connectivity index (χ0v) is 11.5. The van der Waals surface area contributed by atoms with E-state index in [0.717, 1.165) is 19.2 Å². The molecule has 8 heteroatoms. The molecule has 0 aliphatic rings. The molecule has 21 heavy (non-hydrogen) atoms. The van der Waals surface area contributed by atoms with Gasteiger partial charge < -0.3 is 10.1 Å². The molecule has 1 heterocycles. The molecule has 0 aliphatic carbocycles. The van der Waals surface area contributed by atoms with Crippen LogP contribution in [0.25, 0.3) is 0 Å². The summed E-state index contributed by atoms with van der Waals surface area (Å²) in [4.78, 5) is 30.8. The molecule has 108 valence electrons. The second kappa shape index (κ2) is 6.27. The van der Waals surface area contributed by atoms with Gasteiger partial charge in [-0.25, -0.2) is 14.2 Å². The van der Waals surface area contributed by atoms with Gasteiger partial charge in [-0.05, 0) is 18.2 Å². The molecule has 0 bridgehead atoms. The first-order valence-electron chi connectivity index (χ1n) is 5.68. The molecule has 1 amide bonds. The summed E-state index contributed by atoms with van der Waals surface area (Å²) in [6.07, 6.45) is 2.51. The molecule has 2 aromatic rings. The molecule has 1 aromatic heterocycles. The van der Waals surface area contributed by atoms with Gasteiger partial charge in [-0.2, -0.15) is 0 Å². The Bertz CT molecular complexity index is 709. The Labute approximate surface area is 123 Å². The number of esters is 1. The van der Waals surface area contributed by atoms with E-state index in [4.69, 9.17) is 11.6 Å². The maximum Gasteiger partial charge on any atom is 0.340 e. The molecule has 6 nitrogen and oxygen atoms in total. The van der Waals surface area contributed by atoms with Gasteiger partial charge in [-0.15, -0.1) is 0 Å². The van der Waals surface area contributed by atoms with E-state index in [0.29, 0.717) is 0 Å². The number of rotatable bonds is 3. The van der Waals surface area contributed by atoms with Gasteiger partial charge in [0.2, 0.25) is 0 Å². The van der Waals surface area contributed by atoms with Crippen molar-refractivity contribution in [2.24, 2.45) is 0 Å². The van der Waals surface area contributed by atoms with Gasteiger partial charge in [0, 0.05) is 5.69 Å². The predicted octanol–water partition coefficient (Wildman–Crippen LogP) is 2.31. The third-order valence-corrected chi connectivity index (χ3v) is 2.65. The van der Waals surface area contributed by atoms with Crippen molar-refractivity contribution in [2.75, 3.05) is 12.4 Å². The van der Waals surface area contributed by atoms with Crippen LogP contribution in [0, 0.1) is 5.82 Å². The smallest absolute Gasteiger partial charge is 0.340 e. The molecule has 2 rings (SSSR count). The van der Waals surface area contributed by atoms with Crippen LogP contribution in [0.3, 0.4) is 0 Å². The summed E-state index contributed by atoms with van der Waals surface area (Å²) in [6, 6.07) is 3.51. The summed E-state index contributed by atoms with van der Waals surface area (Å²) < 4.78 is 17.9. The molecule has 0 saturated carbocycles. The minimum atomic E-state index is -0.842. The van der Waals surface area contributed by atoms with E-state index in [-0.39, 0.29) is 22.1 Å². The Morgan fingerprint density at radius 2 is 2.10 bits per heavy atom. The first-order valence-corrected chi connectivity index (χ1v) is 6.06. The minimum absolute atomic E-state index is 0.00792. The number of anilines is 1. The number of nitrogens with zero attached hydrogens (tertiary/aromatic N) is 2. The predicted molar refractivity (Wildman–Crippen MR) is 72.7 cm³/mol. The number of carbonyl (C=O) groups excluding carboxylic acids is 2. The fourth-order valence-corrected chi connectivity index (χ4v) is 1.66. The van der Waals surface area contributed by atoms with Crippen molar-refractivity contribution in [3.05, 3.63) is 52.8 Å². The summed E-state index contributed by atoms with van der Waals surface area (Å²) in [5.74, 6) is -2.18. The number of halogens is 2. The molecule has 0 aliphatic heterocycles. The average molecular weight is 310 g/mol.